The zero-order valence-electron chi connectivity index (χ0n) is 16.1. The van der Waals surface area contributed by atoms with E-state index in [9.17, 15) is 31.4 Å². The molecule has 0 amide bonds. The molecule has 4 rings (SSSR count). The number of phenols is 1. The number of nitrogens with zero attached hydrogens (tertiary/aromatic N) is 3. The Balaban J connectivity index is 1.56. The average molecular weight is 483 g/mol. The Hall–Kier alpha value is -3.67. The van der Waals surface area contributed by atoms with E-state index in [1.54, 1.807) is 12.1 Å². The minimum Gasteiger partial charge on any atom is -0.508 e. The van der Waals surface area contributed by atoms with E-state index in [0.717, 1.165) is 12.1 Å². The van der Waals surface area contributed by atoms with Crippen LogP contribution in [0.4, 0.5) is 37.7 Å². The number of alkyl halides is 6. The molecule has 0 aliphatic carbocycles. The Bertz CT molecular complexity index is 1330. The third-order valence-electron chi connectivity index (χ3n) is 4.27. The van der Waals surface area contributed by atoms with Gasteiger partial charge in [0.2, 0.25) is 0 Å². The van der Waals surface area contributed by atoms with Crippen molar-refractivity contribution >= 4 is 32.9 Å². The van der Waals surface area contributed by atoms with E-state index < -0.39 is 29.5 Å². The fraction of sp³-hybridized carbons (Fsp3) is 0.0952. The maximum atomic E-state index is 13.1. The summed E-state index contributed by atoms with van der Waals surface area (Å²) in [5.74, 6) is -0.923. The number of halogens is 6. The Morgan fingerprint density at radius 3 is 2.24 bits per heavy atom. The third-order valence-corrected chi connectivity index (χ3v) is 5.35. The lowest BCUT2D eigenvalue weighted by molar-refractivity contribution is -0.274. The number of aromatic nitrogens is 1. The number of rotatable bonds is 4. The van der Waals surface area contributed by atoms with E-state index in [-0.39, 0.29) is 11.4 Å². The molecular formula is C21H11F6N3O2S. The van der Waals surface area contributed by atoms with Gasteiger partial charge >= 0.3 is 12.5 Å². The van der Waals surface area contributed by atoms with Crippen LogP contribution < -0.4 is 4.74 Å². The highest BCUT2D eigenvalue weighted by atomic mass is 32.1. The molecular weight excluding hydrogens is 472 g/mol. The van der Waals surface area contributed by atoms with Crippen LogP contribution in [0, 0.1) is 0 Å². The molecule has 0 saturated carbocycles. The molecule has 1 aromatic heterocycles. The summed E-state index contributed by atoms with van der Waals surface area (Å²) in [6.45, 7) is 0. The van der Waals surface area contributed by atoms with Gasteiger partial charge in [-0.3, -0.25) is 0 Å². The van der Waals surface area contributed by atoms with Gasteiger partial charge < -0.3 is 9.84 Å². The Kier molecular flexibility index (Phi) is 5.70. The van der Waals surface area contributed by atoms with E-state index in [0.29, 0.717) is 26.9 Å². The quantitative estimate of drug-likeness (QED) is 0.236. The van der Waals surface area contributed by atoms with Crippen LogP contribution in [0.2, 0.25) is 0 Å². The smallest absolute Gasteiger partial charge is 0.508 e. The normalized spacial score (nSPS) is 12.5. The number of aromatic hydroxyl groups is 1. The molecule has 0 unspecified atom stereocenters. The number of phenolic OH excluding ortho intramolecular Hbond substituents is 1. The number of azo groups is 1. The van der Waals surface area contributed by atoms with Crippen molar-refractivity contribution in [2.24, 2.45) is 10.2 Å². The van der Waals surface area contributed by atoms with Crippen LogP contribution in [0.15, 0.2) is 70.9 Å². The van der Waals surface area contributed by atoms with E-state index in [2.05, 4.69) is 19.9 Å². The Morgan fingerprint density at radius 1 is 0.848 bits per heavy atom. The van der Waals surface area contributed by atoms with Crippen LogP contribution in [0.3, 0.4) is 0 Å². The van der Waals surface area contributed by atoms with Gasteiger partial charge in [-0.25, -0.2) is 4.98 Å². The maximum absolute atomic E-state index is 13.1. The second kappa shape index (κ2) is 8.35. The van der Waals surface area contributed by atoms with Gasteiger partial charge in [-0.1, -0.05) is 0 Å². The second-order valence-corrected chi connectivity index (χ2v) is 7.67. The molecule has 5 nitrogen and oxygen atoms in total. The first-order valence-corrected chi connectivity index (χ1v) is 9.88. The van der Waals surface area contributed by atoms with Gasteiger partial charge in [0.15, 0.2) is 0 Å². The van der Waals surface area contributed by atoms with Crippen molar-refractivity contribution < 1.29 is 36.2 Å². The highest BCUT2D eigenvalue weighted by Gasteiger charge is 2.34. The van der Waals surface area contributed by atoms with E-state index in [1.165, 1.54) is 41.7 Å². The maximum Gasteiger partial charge on any atom is 0.573 e. The summed E-state index contributed by atoms with van der Waals surface area (Å²) >= 11 is 1.25. The summed E-state index contributed by atoms with van der Waals surface area (Å²) in [6, 6.07) is 12.7. The molecule has 1 N–H and O–H groups in total. The number of benzene rings is 3. The molecule has 0 aliphatic heterocycles. The highest BCUT2D eigenvalue weighted by Crippen LogP contribution is 2.39. The predicted octanol–water partition coefficient (Wildman–Crippen LogP) is 8.00. The SMILES string of the molecule is Oc1ccc(/N=N/c2ccc(-c3nc4cc(OC(F)(F)F)ccc4s3)cc2)c(C(F)(F)F)c1. The minimum atomic E-state index is -4.81. The van der Waals surface area contributed by atoms with Crippen LogP contribution in [-0.4, -0.2) is 16.5 Å². The fourth-order valence-electron chi connectivity index (χ4n) is 2.85. The van der Waals surface area contributed by atoms with Gasteiger partial charge in [-0.15, -0.1) is 29.6 Å². The first-order valence-electron chi connectivity index (χ1n) is 9.07. The van der Waals surface area contributed by atoms with Crippen molar-refractivity contribution in [3.8, 4) is 22.1 Å². The third kappa shape index (κ3) is 5.40. The molecule has 0 fully saturated rings. The second-order valence-electron chi connectivity index (χ2n) is 6.64. The number of thiazole rings is 1. The highest BCUT2D eigenvalue weighted by molar-refractivity contribution is 7.21. The fourth-order valence-corrected chi connectivity index (χ4v) is 3.80. The summed E-state index contributed by atoms with van der Waals surface area (Å²) in [4.78, 5) is 4.31. The van der Waals surface area contributed by atoms with Crippen LogP contribution in [0.5, 0.6) is 11.5 Å². The minimum absolute atomic E-state index is 0.266. The molecule has 0 atom stereocenters. The molecule has 12 heteroatoms. The molecule has 0 aliphatic rings. The molecule has 0 saturated heterocycles. The Labute approximate surface area is 185 Å². The summed E-state index contributed by atoms with van der Waals surface area (Å²) < 4.78 is 81.1. The monoisotopic (exact) mass is 483 g/mol. The van der Waals surface area contributed by atoms with Crippen molar-refractivity contribution in [3.63, 3.8) is 0 Å². The molecule has 0 bridgehead atoms. The predicted molar refractivity (Wildman–Crippen MR) is 109 cm³/mol. The standard InChI is InChI=1S/C21H11F6N3O2S/c22-20(23,24)15-9-13(31)5-7-16(15)30-29-12-3-1-11(2-4-12)19-28-17-10-14(32-21(25,26)27)6-8-18(17)33-19/h1-10,31H/b30-29+. The van der Waals surface area contributed by atoms with Gasteiger partial charge in [-0.05, 0) is 54.6 Å². The van der Waals surface area contributed by atoms with Gasteiger partial charge in [0.25, 0.3) is 0 Å². The molecule has 0 spiro atoms. The lowest BCUT2D eigenvalue weighted by Crippen LogP contribution is -2.16. The summed E-state index contributed by atoms with van der Waals surface area (Å²) in [6.07, 6.45) is -9.52. The van der Waals surface area contributed by atoms with E-state index in [4.69, 9.17) is 0 Å². The molecule has 170 valence electrons. The van der Waals surface area contributed by atoms with Gasteiger partial charge in [-0.2, -0.15) is 18.3 Å². The summed E-state index contributed by atoms with van der Waals surface area (Å²) in [7, 11) is 0. The van der Waals surface area contributed by atoms with Crippen molar-refractivity contribution in [1.82, 2.24) is 4.98 Å². The lowest BCUT2D eigenvalue weighted by atomic mass is 10.1. The van der Waals surface area contributed by atoms with Gasteiger partial charge in [0.05, 0.1) is 27.2 Å². The molecule has 1 heterocycles. The number of hydrogen-bond donors (Lipinski definition) is 1. The van der Waals surface area contributed by atoms with Crippen LogP contribution >= 0.6 is 11.3 Å². The first kappa shape index (κ1) is 22.5. The topological polar surface area (TPSA) is 67.1 Å². The summed E-state index contributed by atoms with van der Waals surface area (Å²) in [5.41, 5.74) is -0.345. The van der Waals surface area contributed by atoms with Crippen LogP contribution in [0.1, 0.15) is 5.56 Å². The molecule has 33 heavy (non-hydrogen) atoms. The van der Waals surface area contributed by atoms with Crippen molar-refractivity contribution in [2.75, 3.05) is 0 Å². The Morgan fingerprint density at radius 2 is 1.58 bits per heavy atom. The van der Waals surface area contributed by atoms with Crippen LogP contribution in [0.25, 0.3) is 20.8 Å². The van der Waals surface area contributed by atoms with Crippen molar-refractivity contribution in [3.05, 3.63) is 66.2 Å². The average Bonchev–Trinajstić information content (AvgIpc) is 3.15. The van der Waals surface area contributed by atoms with Gasteiger partial charge in [0, 0.05) is 11.6 Å². The molecule has 4 aromatic rings. The summed E-state index contributed by atoms with van der Waals surface area (Å²) in [5, 5.41) is 17.3. The first-order chi connectivity index (χ1) is 15.5. The van der Waals surface area contributed by atoms with Crippen LogP contribution in [-0.2, 0) is 6.18 Å². The number of ether oxygens (including phenoxy) is 1. The molecule has 3 aromatic carbocycles. The van der Waals surface area contributed by atoms with Gasteiger partial charge in [0.1, 0.15) is 16.5 Å². The van der Waals surface area contributed by atoms with E-state index in [1.807, 2.05) is 0 Å². The zero-order valence-corrected chi connectivity index (χ0v) is 17.0. The largest absolute Gasteiger partial charge is 0.573 e. The molecule has 0 radical (unpaired) electrons. The van der Waals surface area contributed by atoms with Crippen molar-refractivity contribution in [2.45, 2.75) is 12.5 Å². The number of fused-ring (bicyclic) bond motifs is 1. The number of hydrogen-bond acceptors (Lipinski definition) is 6. The lowest BCUT2D eigenvalue weighted by Gasteiger charge is -2.09. The van der Waals surface area contributed by atoms with E-state index >= 15 is 0 Å². The zero-order chi connectivity index (χ0) is 23.8. The van der Waals surface area contributed by atoms with Crippen molar-refractivity contribution in [1.29, 1.82) is 0 Å².